The summed E-state index contributed by atoms with van der Waals surface area (Å²) in [5.74, 6) is 1.07. The van der Waals surface area contributed by atoms with Crippen LogP contribution in [0.2, 0.25) is 5.02 Å². The number of para-hydroxylation sites is 1. The van der Waals surface area contributed by atoms with Gasteiger partial charge >= 0.3 is 0 Å². The summed E-state index contributed by atoms with van der Waals surface area (Å²) in [7, 11) is -3.57. The van der Waals surface area contributed by atoms with Crippen molar-refractivity contribution in [2.75, 3.05) is 49.9 Å². The van der Waals surface area contributed by atoms with Gasteiger partial charge in [0, 0.05) is 44.3 Å². The number of fused-ring (bicyclic) bond motifs is 1. The van der Waals surface area contributed by atoms with Crippen molar-refractivity contribution in [3.8, 4) is 5.75 Å². The molecular weight excluding hydrogens is 650 g/mol. The van der Waals surface area contributed by atoms with E-state index in [2.05, 4.69) is 30.4 Å². The fraction of sp³-hybridized carbons (Fsp3) is 0.514. The molecule has 0 unspecified atom stereocenters. The Balaban J connectivity index is 1.19. The molecular formula is C35H46ClN7O4S. The highest BCUT2D eigenvalue weighted by molar-refractivity contribution is 7.92. The minimum Gasteiger partial charge on any atom is -0.489 e. The number of carbonyl (C=O) groups excluding carboxylic acids is 1. The molecule has 48 heavy (non-hydrogen) atoms. The molecule has 2 fully saturated rings. The number of hydrogen-bond acceptors (Lipinski definition) is 10. The number of carbonyl (C=O) groups is 1. The standard InChI is InChI=1S/C35H46ClN7O4S/c1-23(2)47-31-19-25-22-43(26-11-15-42(16-12-26)18-17-41-13-7-8-14-41)34(44)27(25)20-30(31)39-35-37-21-28(36)33(40-35)38-29-9-5-6-10-32(29)48(45,46)24(3)4/h5-6,9-10,19-21,23-24,26H,7-8,11-18,22H2,1-4H3,(H2,37,38,39,40). The summed E-state index contributed by atoms with van der Waals surface area (Å²) in [5, 5.41) is 5.94. The number of piperidine rings is 1. The number of nitrogens with one attached hydrogen (secondary N) is 2. The van der Waals surface area contributed by atoms with Crippen molar-refractivity contribution in [1.29, 1.82) is 0 Å². The highest BCUT2D eigenvalue weighted by Gasteiger charge is 2.36. The summed E-state index contributed by atoms with van der Waals surface area (Å²) in [6, 6.07) is 10.6. The molecule has 0 atom stereocenters. The Morgan fingerprint density at radius 1 is 0.958 bits per heavy atom. The maximum atomic E-state index is 13.8. The van der Waals surface area contributed by atoms with E-state index >= 15 is 0 Å². The van der Waals surface area contributed by atoms with Crippen LogP contribution in [-0.2, 0) is 16.4 Å². The molecule has 258 valence electrons. The fourth-order valence-electron chi connectivity index (χ4n) is 6.68. The predicted octanol–water partition coefficient (Wildman–Crippen LogP) is 6.10. The molecule has 3 aliphatic heterocycles. The van der Waals surface area contributed by atoms with Gasteiger partial charge in [-0.3, -0.25) is 4.79 Å². The number of nitrogens with zero attached hydrogens (tertiary/aromatic N) is 5. The van der Waals surface area contributed by atoms with Gasteiger partial charge in [-0.2, -0.15) is 4.98 Å². The van der Waals surface area contributed by atoms with E-state index in [1.54, 1.807) is 38.1 Å². The molecule has 1 amide bonds. The van der Waals surface area contributed by atoms with Gasteiger partial charge in [-0.05, 0) is 96.3 Å². The number of benzene rings is 2. The van der Waals surface area contributed by atoms with Gasteiger partial charge in [-0.1, -0.05) is 23.7 Å². The Morgan fingerprint density at radius 3 is 2.33 bits per heavy atom. The van der Waals surface area contributed by atoms with E-state index in [1.165, 1.54) is 32.1 Å². The summed E-state index contributed by atoms with van der Waals surface area (Å²) >= 11 is 6.48. The molecule has 0 radical (unpaired) electrons. The second-order valence-electron chi connectivity index (χ2n) is 13.5. The van der Waals surface area contributed by atoms with Gasteiger partial charge in [0.1, 0.15) is 10.8 Å². The van der Waals surface area contributed by atoms with E-state index in [0.29, 0.717) is 29.2 Å². The van der Waals surface area contributed by atoms with Crippen molar-refractivity contribution in [3.63, 3.8) is 0 Å². The summed E-state index contributed by atoms with van der Waals surface area (Å²) in [6.45, 7) is 14.4. The van der Waals surface area contributed by atoms with Crippen molar-refractivity contribution in [2.45, 2.75) is 82.2 Å². The molecule has 0 saturated carbocycles. The molecule has 2 N–H and O–H groups in total. The van der Waals surface area contributed by atoms with Crippen LogP contribution in [0.25, 0.3) is 0 Å². The molecule has 3 aliphatic rings. The van der Waals surface area contributed by atoms with Gasteiger partial charge in [0.2, 0.25) is 5.95 Å². The van der Waals surface area contributed by atoms with Crippen LogP contribution in [0.4, 0.5) is 23.1 Å². The third kappa shape index (κ3) is 7.56. The number of rotatable bonds is 12. The molecule has 3 aromatic rings. The molecule has 1 aromatic heterocycles. The van der Waals surface area contributed by atoms with E-state index in [0.717, 1.165) is 44.6 Å². The minimum absolute atomic E-state index is 0.0296. The third-order valence-electron chi connectivity index (χ3n) is 9.39. The monoisotopic (exact) mass is 695 g/mol. The first kappa shape index (κ1) is 34.4. The van der Waals surface area contributed by atoms with Crippen molar-refractivity contribution in [1.82, 2.24) is 24.7 Å². The first-order valence-corrected chi connectivity index (χ1v) is 18.9. The number of amides is 1. The van der Waals surface area contributed by atoms with Crippen LogP contribution in [0, 0.1) is 0 Å². The number of likely N-dealkylation sites (tertiary alicyclic amines) is 2. The molecule has 4 heterocycles. The second kappa shape index (κ2) is 14.6. The maximum Gasteiger partial charge on any atom is 0.254 e. The van der Waals surface area contributed by atoms with E-state index in [-0.39, 0.29) is 39.7 Å². The zero-order chi connectivity index (χ0) is 34.0. The lowest BCUT2D eigenvalue weighted by molar-refractivity contribution is 0.0589. The van der Waals surface area contributed by atoms with Crippen molar-refractivity contribution in [2.24, 2.45) is 0 Å². The van der Waals surface area contributed by atoms with E-state index in [4.69, 9.17) is 16.3 Å². The normalized spacial score (nSPS) is 17.8. The SMILES string of the molecule is CC(C)Oc1cc2c(cc1Nc1ncc(Cl)c(Nc3ccccc3S(=O)(=O)C(C)C)n1)C(=O)N(C1CCN(CCN3CCCC3)CC1)C2. The molecule has 0 bridgehead atoms. The topological polar surface area (TPSA) is 120 Å². The number of aromatic nitrogens is 2. The maximum absolute atomic E-state index is 13.8. The Hall–Kier alpha value is -3.45. The van der Waals surface area contributed by atoms with Crippen LogP contribution in [0.1, 0.15) is 69.3 Å². The Labute approximate surface area is 288 Å². The summed E-state index contributed by atoms with van der Waals surface area (Å²) < 4.78 is 32.2. The highest BCUT2D eigenvalue weighted by atomic mass is 35.5. The van der Waals surface area contributed by atoms with Crippen LogP contribution >= 0.6 is 11.6 Å². The van der Waals surface area contributed by atoms with Gasteiger partial charge in [0.05, 0.1) is 33.8 Å². The molecule has 0 aliphatic carbocycles. The Bertz CT molecular complexity index is 1740. The van der Waals surface area contributed by atoms with Crippen molar-refractivity contribution in [3.05, 3.63) is 58.7 Å². The Morgan fingerprint density at radius 2 is 1.65 bits per heavy atom. The molecule has 6 rings (SSSR count). The van der Waals surface area contributed by atoms with Gasteiger partial charge in [0.25, 0.3) is 5.91 Å². The van der Waals surface area contributed by atoms with Gasteiger partial charge in [-0.15, -0.1) is 0 Å². The molecule has 11 nitrogen and oxygen atoms in total. The highest BCUT2D eigenvalue weighted by Crippen LogP contribution is 2.38. The van der Waals surface area contributed by atoms with Crippen LogP contribution in [0.5, 0.6) is 5.75 Å². The van der Waals surface area contributed by atoms with E-state index < -0.39 is 15.1 Å². The number of hydrogen-bond donors (Lipinski definition) is 2. The summed E-state index contributed by atoms with van der Waals surface area (Å²) in [4.78, 5) is 30.0. The zero-order valence-electron chi connectivity index (χ0n) is 28.2. The van der Waals surface area contributed by atoms with Crippen molar-refractivity contribution >= 4 is 50.5 Å². The Kier molecular flexibility index (Phi) is 10.5. The van der Waals surface area contributed by atoms with Crippen LogP contribution in [0.15, 0.2) is 47.5 Å². The predicted molar refractivity (Wildman–Crippen MR) is 190 cm³/mol. The molecule has 2 aromatic carbocycles. The number of sulfone groups is 1. The van der Waals surface area contributed by atoms with Crippen molar-refractivity contribution < 1.29 is 17.9 Å². The lowest BCUT2D eigenvalue weighted by Crippen LogP contribution is -2.46. The van der Waals surface area contributed by atoms with Gasteiger partial charge in [-0.25, -0.2) is 13.4 Å². The van der Waals surface area contributed by atoms with Gasteiger partial charge in [0.15, 0.2) is 15.7 Å². The zero-order valence-corrected chi connectivity index (χ0v) is 29.8. The third-order valence-corrected chi connectivity index (χ3v) is 11.9. The average molecular weight is 696 g/mol. The fourth-order valence-corrected chi connectivity index (χ4v) is 8.02. The summed E-state index contributed by atoms with van der Waals surface area (Å²) in [6.07, 6.45) is 5.90. The number of ether oxygens (including phenoxy) is 1. The van der Waals surface area contributed by atoms with E-state index in [9.17, 15) is 13.2 Å². The lowest BCUT2D eigenvalue weighted by atomic mass is 10.0. The number of halogens is 1. The molecule has 13 heteroatoms. The van der Waals surface area contributed by atoms with Crippen LogP contribution < -0.4 is 15.4 Å². The quantitative estimate of drug-likeness (QED) is 0.230. The van der Waals surface area contributed by atoms with Gasteiger partial charge < -0.3 is 30.1 Å². The molecule has 2 saturated heterocycles. The first-order valence-electron chi connectivity index (χ1n) is 17.0. The number of anilines is 4. The largest absolute Gasteiger partial charge is 0.489 e. The minimum atomic E-state index is -3.57. The second-order valence-corrected chi connectivity index (χ2v) is 16.3. The van der Waals surface area contributed by atoms with Crippen LogP contribution in [-0.4, -0.2) is 95.7 Å². The first-order chi connectivity index (χ1) is 23.0. The lowest BCUT2D eigenvalue weighted by Gasteiger charge is -2.37. The van der Waals surface area contributed by atoms with Crippen LogP contribution in [0.3, 0.4) is 0 Å². The smallest absolute Gasteiger partial charge is 0.254 e. The van der Waals surface area contributed by atoms with E-state index in [1.807, 2.05) is 30.9 Å². The molecule has 0 spiro atoms. The average Bonchev–Trinajstić information content (AvgIpc) is 3.69. The summed E-state index contributed by atoms with van der Waals surface area (Å²) in [5.41, 5.74) is 2.51.